The van der Waals surface area contributed by atoms with Gasteiger partial charge in [-0.25, -0.2) is 0 Å². The molecule has 0 amide bonds. The Morgan fingerprint density at radius 2 is 1.32 bits per heavy atom. The number of methoxy groups -OCH3 is 4. The predicted octanol–water partition coefficient (Wildman–Crippen LogP) is 5.97. The number of rotatable bonds is 12. The summed E-state index contributed by atoms with van der Waals surface area (Å²) in [7, 11) is 6.21. The highest BCUT2D eigenvalue weighted by molar-refractivity contribution is 7.99. The van der Waals surface area contributed by atoms with Gasteiger partial charge < -0.3 is 23.7 Å². The molecule has 0 saturated carbocycles. The third-order valence-corrected chi connectivity index (χ3v) is 6.66. The average molecular weight is 467 g/mol. The van der Waals surface area contributed by atoms with Crippen molar-refractivity contribution in [2.24, 2.45) is 0 Å². The Balaban J connectivity index is 2.44. The smallest absolute Gasteiger partial charge is 0.306 e. The first-order chi connectivity index (χ1) is 15.0. The van der Waals surface area contributed by atoms with Crippen molar-refractivity contribution in [3.8, 4) is 28.7 Å². The summed E-state index contributed by atoms with van der Waals surface area (Å²) in [5.41, 5.74) is 1.05. The zero-order valence-electron chi connectivity index (χ0n) is 18.9. The van der Waals surface area contributed by atoms with Gasteiger partial charge in [-0.3, -0.25) is 4.79 Å². The molecule has 0 unspecified atom stereocenters. The lowest BCUT2D eigenvalue weighted by molar-refractivity contribution is -0.140. The standard InChI is InChI=1S/C23H30O6S2/c1-7-9-30-21-11-15(2)16(25-3)12-19(21)29-20-13-17(26-4)18(27-5)14-22(20)31-10-8-23(24)28-6/h11-14H,7-10H2,1-6H3. The van der Waals surface area contributed by atoms with E-state index in [1.807, 2.05) is 19.1 Å². The van der Waals surface area contributed by atoms with E-state index >= 15 is 0 Å². The lowest BCUT2D eigenvalue weighted by Gasteiger charge is -2.18. The monoisotopic (exact) mass is 466 g/mol. The fraction of sp³-hybridized carbons (Fsp3) is 0.435. The van der Waals surface area contributed by atoms with E-state index in [1.165, 1.54) is 18.9 Å². The normalized spacial score (nSPS) is 10.5. The first kappa shape index (κ1) is 25.1. The van der Waals surface area contributed by atoms with Crippen molar-refractivity contribution in [3.63, 3.8) is 0 Å². The molecule has 170 valence electrons. The van der Waals surface area contributed by atoms with Gasteiger partial charge in [0.05, 0.1) is 44.7 Å². The number of hydrogen-bond acceptors (Lipinski definition) is 8. The van der Waals surface area contributed by atoms with Gasteiger partial charge >= 0.3 is 5.97 Å². The van der Waals surface area contributed by atoms with Crippen LogP contribution in [0, 0.1) is 6.92 Å². The summed E-state index contributed by atoms with van der Waals surface area (Å²) in [6.07, 6.45) is 1.35. The number of aryl methyl sites for hydroxylation is 1. The Bertz CT molecular complexity index is 885. The van der Waals surface area contributed by atoms with Gasteiger partial charge in [0.1, 0.15) is 17.2 Å². The van der Waals surface area contributed by atoms with Crippen molar-refractivity contribution in [3.05, 3.63) is 29.8 Å². The topological polar surface area (TPSA) is 63.2 Å². The molecule has 0 fully saturated rings. The number of benzene rings is 2. The van der Waals surface area contributed by atoms with Gasteiger partial charge in [-0.1, -0.05) is 6.92 Å². The molecule has 31 heavy (non-hydrogen) atoms. The number of esters is 1. The van der Waals surface area contributed by atoms with E-state index in [0.29, 0.717) is 35.2 Å². The predicted molar refractivity (Wildman–Crippen MR) is 126 cm³/mol. The maximum absolute atomic E-state index is 11.5. The van der Waals surface area contributed by atoms with Crippen LogP contribution in [0.5, 0.6) is 28.7 Å². The summed E-state index contributed by atoms with van der Waals surface area (Å²) < 4.78 is 27.6. The third kappa shape index (κ3) is 6.90. The molecular weight excluding hydrogens is 436 g/mol. The van der Waals surface area contributed by atoms with Crippen LogP contribution in [0.2, 0.25) is 0 Å². The molecule has 0 aliphatic carbocycles. The van der Waals surface area contributed by atoms with Crippen molar-refractivity contribution in [2.75, 3.05) is 39.9 Å². The van der Waals surface area contributed by atoms with E-state index in [-0.39, 0.29) is 5.97 Å². The highest BCUT2D eigenvalue weighted by atomic mass is 32.2. The van der Waals surface area contributed by atoms with Gasteiger partial charge in [0, 0.05) is 24.0 Å². The van der Waals surface area contributed by atoms with E-state index in [4.69, 9.17) is 23.7 Å². The molecule has 0 N–H and O–H groups in total. The van der Waals surface area contributed by atoms with Crippen LogP contribution in [0.25, 0.3) is 0 Å². The Morgan fingerprint density at radius 3 is 1.90 bits per heavy atom. The van der Waals surface area contributed by atoms with Crippen LogP contribution in [0.4, 0.5) is 0 Å². The molecule has 0 atom stereocenters. The Kier molecular flexibility index (Phi) is 10.2. The van der Waals surface area contributed by atoms with E-state index in [1.54, 1.807) is 39.2 Å². The van der Waals surface area contributed by atoms with E-state index in [0.717, 1.165) is 33.3 Å². The van der Waals surface area contributed by atoms with Crippen LogP contribution in [0.15, 0.2) is 34.1 Å². The minimum Gasteiger partial charge on any atom is -0.496 e. The van der Waals surface area contributed by atoms with Crippen molar-refractivity contribution in [1.29, 1.82) is 0 Å². The van der Waals surface area contributed by atoms with E-state index in [2.05, 4.69) is 13.0 Å². The lowest BCUT2D eigenvalue weighted by atomic mass is 10.2. The minimum atomic E-state index is -0.253. The first-order valence-electron chi connectivity index (χ1n) is 9.92. The number of ether oxygens (including phenoxy) is 5. The maximum atomic E-state index is 11.5. The van der Waals surface area contributed by atoms with E-state index < -0.39 is 0 Å². The van der Waals surface area contributed by atoms with Gasteiger partial charge in [0.25, 0.3) is 0 Å². The van der Waals surface area contributed by atoms with Gasteiger partial charge in [0.2, 0.25) is 0 Å². The molecule has 0 aliphatic rings. The first-order valence-corrected chi connectivity index (χ1v) is 11.9. The number of carbonyl (C=O) groups is 1. The molecular formula is C23H30O6S2. The quantitative estimate of drug-likeness (QED) is 0.280. The third-order valence-electron chi connectivity index (χ3n) is 4.38. The number of hydrogen-bond donors (Lipinski definition) is 0. The second kappa shape index (κ2) is 12.6. The second-order valence-corrected chi connectivity index (χ2v) is 8.82. The highest BCUT2D eigenvalue weighted by Gasteiger charge is 2.17. The Morgan fingerprint density at radius 1 is 0.774 bits per heavy atom. The van der Waals surface area contributed by atoms with Crippen LogP contribution >= 0.6 is 23.5 Å². The lowest BCUT2D eigenvalue weighted by Crippen LogP contribution is -2.01. The zero-order chi connectivity index (χ0) is 22.8. The molecule has 2 aromatic carbocycles. The largest absolute Gasteiger partial charge is 0.496 e. The van der Waals surface area contributed by atoms with E-state index in [9.17, 15) is 4.79 Å². The number of thioether (sulfide) groups is 2. The van der Waals surface area contributed by atoms with Crippen LogP contribution in [0.1, 0.15) is 25.3 Å². The van der Waals surface area contributed by atoms with Crippen molar-refractivity contribution in [2.45, 2.75) is 36.5 Å². The number of carbonyl (C=O) groups excluding carboxylic acids is 1. The maximum Gasteiger partial charge on any atom is 0.306 e. The van der Waals surface area contributed by atoms with Crippen molar-refractivity contribution >= 4 is 29.5 Å². The molecule has 0 saturated heterocycles. The molecule has 6 nitrogen and oxygen atoms in total. The Hall–Kier alpha value is -2.19. The average Bonchev–Trinajstić information content (AvgIpc) is 2.78. The van der Waals surface area contributed by atoms with Gasteiger partial charge in [-0.15, -0.1) is 23.5 Å². The summed E-state index contributed by atoms with van der Waals surface area (Å²) in [6, 6.07) is 7.66. The van der Waals surface area contributed by atoms with Crippen LogP contribution in [-0.4, -0.2) is 45.9 Å². The Labute approximate surface area is 192 Å². The second-order valence-electron chi connectivity index (χ2n) is 6.55. The molecule has 2 aromatic rings. The summed E-state index contributed by atoms with van der Waals surface area (Å²) in [6.45, 7) is 4.16. The minimum absolute atomic E-state index is 0.253. The molecule has 0 spiro atoms. The summed E-state index contributed by atoms with van der Waals surface area (Å²) in [5.74, 6) is 4.53. The molecule has 8 heteroatoms. The van der Waals surface area contributed by atoms with Crippen LogP contribution in [-0.2, 0) is 9.53 Å². The molecule has 0 radical (unpaired) electrons. The summed E-state index contributed by atoms with van der Waals surface area (Å²) in [5, 5.41) is 0. The molecule has 0 heterocycles. The van der Waals surface area contributed by atoms with Crippen LogP contribution in [0.3, 0.4) is 0 Å². The van der Waals surface area contributed by atoms with Crippen molar-refractivity contribution in [1.82, 2.24) is 0 Å². The van der Waals surface area contributed by atoms with Gasteiger partial charge in [-0.2, -0.15) is 0 Å². The fourth-order valence-corrected chi connectivity index (χ4v) is 4.62. The van der Waals surface area contributed by atoms with Crippen LogP contribution < -0.4 is 18.9 Å². The molecule has 2 rings (SSSR count). The fourth-order valence-electron chi connectivity index (χ4n) is 2.77. The van der Waals surface area contributed by atoms with Gasteiger partial charge in [0.15, 0.2) is 11.5 Å². The SMILES string of the molecule is CCCSc1cc(C)c(OC)cc1Oc1cc(OC)c(OC)cc1SCCC(=O)OC. The molecule has 0 aliphatic heterocycles. The highest BCUT2D eigenvalue weighted by Crippen LogP contribution is 2.44. The van der Waals surface area contributed by atoms with Crippen molar-refractivity contribution < 1.29 is 28.5 Å². The molecule has 0 aromatic heterocycles. The molecule has 0 bridgehead atoms. The van der Waals surface area contributed by atoms with Gasteiger partial charge in [-0.05, 0) is 30.7 Å². The summed E-state index contributed by atoms with van der Waals surface area (Å²) >= 11 is 3.24. The summed E-state index contributed by atoms with van der Waals surface area (Å²) in [4.78, 5) is 13.4. The zero-order valence-corrected chi connectivity index (χ0v) is 20.5.